The maximum atomic E-state index is 12.7. The number of nitrogens with zero attached hydrogens (tertiary/aromatic N) is 2. The fourth-order valence-electron chi connectivity index (χ4n) is 3.39. The monoisotopic (exact) mass is 286 g/mol. The van der Waals surface area contributed by atoms with Crippen molar-refractivity contribution in [3.63, 3.8) is 0 Å². The van der Waals surface area contributed by atoms with Gasteiger partial charge in [0.25, 0.3) is 5.91 Å². The topological polar surface area (TPSA) is 45.5 Å². The molecule has 0 saturated heterocycles. The number of carbonyl (C=O) groups is 1. The Morgan fingerprint density at radius 1 is 1.29 bits per heavy atom. The molecule has 1 aliphatic heterocycles. The van der Waals surface area contributed by atoms with E-state index >= 15 is 0 Å². The Kier molecular flexibility index (Phi) is 3.49. The molecular weight excluding hydrogens is 264 g/mol. The lowest BCUT2D eigenvalue weighted by molar-refractivity contribution is 0.0789. The van der Waals surface area contributed by atoms with Crippen molar-refractivity contribution in [2.24, 2.45) is 0 Å². The molecule has 0 atom stereocenters. The minimum absolute atomic E-state index is 0.0423. The van der Waals surface area contributed by atoms with E-state index in [2.05, 4.69) is 26.0 Å². The third-order valence-corrected chi connectivity index (χ3v) is 4.65. The number of aryl methyl sites for hydroxylation is 3. The summed E-state index contributed by atoms with van der Waals surface area (Å²) in [4.78, 5) is 14.5. The second-order valence-corrected chi connectivity index (χ2v) is 5.94. The van der Waals surface area contributed by atoms with E-state index in [1.54, 1.807) is 4.90 Å². The van der Waals surface area contributed by atoms with E-state index in [9.17, 15) is 9.90 Å². The number of hydrogen-bond acceptors (Lipinski definition) is 2. The highest BCUT2D eigenvalue weighted by Crippen LogP contribution is 2.33. The van der Waals surface area contributed by atoms with Crippen LogP contribution in [0.25, 0.3) is 10.9 Å². The van der Waals surface area contributed by atoms with Crippen molar-refractivity contribution < 1.29 is 9.90 Å². The van der Waals surface area contributed by atoms with Crippen LogP contribution in [0.5, 0.6) is 0 Å². The summed E-state index contributed by atoms with van der Waals surface area (Å²) in [6.07, 6.45) is 1.91. The first-order valence-corrected chi connectivity index (χ1v) is 7.54. The molecule has 1 aromatic heterocycles. The number of aromatic nitrogens is 1. The lowest BCUT2D eigenvalue weighted by Gasteiger charge is -2.17. The molecule has 2 aromatic rings. The molecule has 4 heteroatoms. The normalized spacial score (nSPS) is 15.4. The second-order valence-electron chi connectivity index (χ2n) is 5.94. The van der Waals surface area contributed by atoms with Crippen LogP contribution >= 0.6 is 0 Å². The molecule has 1 N–H and O–H groups in total. The number of fused-ring (bicyclic) bond motifs is 3. The van der Waals surface area contributed by atoms with Gasteiger partial charge in [-0.2, -0.15) is 0 Å². The molecule has 0 fully saturated rings. The van der Waals surface area contributed by atoms with Crippen molar-refractivity contribution in [2.75, 3.05) is 20.2 Å². The van der Waals surface area contributed by atoms with Gasteiger partial charge in [-0.1, -0.05) is 12.1 Å². The van der Waals surface area contributed by atoms with Crippen LogP contribution in [-0.2, 0) is 13.0 Å². The van der Waals surface area contributed by atoms with Crippen molar-refractivity contribution in [2.45, 2.75) is 33.2 Å². The van der Waals surface area contributed by atoms with Crippen LogP contribution in [0.3, 0.4) is 0 Å². The van der Waals surface area contributed by atoms with E-state index in [1.807, 2.05) is 11.6 Å². The van der Waals surface area contributed by atoms with Crippen LogP contribution in [0.1, 0.15) is 33.6 Å². The largest absolute Gasteiger partial charge is 0.395 e. The second kappa shape index (κ2) is 5.19. The van der Waals surface area contributed by atoms with Gasteiger partial charge < -0.3 is 14.6 Å². The zero-order valence-corrected chi connectivity index (χ0v) is 12.9. The molecule has 0 radical (unpaired) electrons. The zero-order chi connectivity index (χ0) is 15.1. The van der Waals surface area contributed by atoms with Crippen LogP contribution in [-0.4, -0.2) is 40.7 Å². The Hall–Kier alpha value is -1.81. The Morgan fingerprint density at radius 3 is 2.76 bits per heavy atom. The average Bonchev–Trinajstić information content (AvgIpc) is 2.68. The molecule has 0 bridgehead atoms. The van der Waals surface area contributed by atoms with Gasteiger partial charge in [-0.15, -0.1) is 0 Å². The minimum Gasteiger partial charge on any atom is -0.395 e. The number of carbonyl (C=O) groups excluding carboxylic acids is 1. The van der Waals surface area contributed by atoms with Gasteiger partial charge in [0.2, 0.25) is 0 Å². The zero-order valence-electron chi connectivity index (χ0n) is 12.9. The Labute approximate surface area is 125 Å². The molecule has 0 unspecified atom stereocenters. The van der Waals surface area contributed by atoms with Crippen molar-refractivity contribution >= 4 is 16.8 Å². The molecule has 1 amide bonds. The van der Waals surface area contributed by atoms with Gasteiger partial charge in [0.1, 0.15) is 5.69 Å². The van der Waals surface area contributed by atoms with Crippen LogP contribution in [0, 0.1) is 13.8 Å². The van der Waals surface area contributed by atoms with Crippen LogP contribution < -0.4 is 0 Å². The minimum atomic E-state index is 0.0423. The van der Waals surface area contributed by atoms with Crippen molar-refractivity contribution in [3.8, 4) is 0 Å². The summed E-state index contributed by atoms with van der Waals surface area (Å²) in [5, 5.41) is 10.6. The van der Waals surface area contributed by atoms with Crippen LogP contribution in [0.2, 0.25) is 0 Å². The molecule has 112 valence electrons. The first-order valence-electron chi connectivity index (χ1n) is 7.54. The Morgan fingerprint density at radius 2 is 2.05 bits per heavy atom. The Balaban J connectivity index is 2.39. The molecule has 0 saturated carbocycles. The highest BCUT2D eigenvalue weighted by Gasteiger charge is 2.28. The molecular formula is C17H22N2O2. The SMILES string of the molecule is Cc1ccc2c3c(n(CCO)c2c1C)C(=O)N(C)CCC3. The Bertz CT molecular complexity index is 715. The lowest BCUT2D eigenvalue weighted by Crippen LogP contribution is -2.28. The van der Waals surface area contributed by atoms with Gasteiger partial charge in [0.05, 0.1) is 12.1 Å². The van der Waals surface area contributed by atoms with E-state index in [1.165, 1.54) is 16.5 Å². The number of amides is 1. The fourth-order valence-corrected chi connectivity index (χ4v) is 3.39. The highest BCUT2D eigenvalue weighted by molar-refractivity contribution is 6.03. The van der Waals surface area contributed by atoms with Crippen LogP contribution in [0.4, 0.5) is 0 Å². The van der Waals surface area contributed by atoms with Gasteiger partial charge in [-0.3, -0.25) is 4.79 Å². The average molecular weight is 286 g/mol. The van der Waals surface area contributed by atoms with E-state index < -0.39 is 0 Å². The smallest absolute Gasteiger partial charge is 0.270 e. The summed E-state index contributed by atoms with van der Waals surface area (Å²) in [7, 11) is 1.86. The van der Waals surface area contributed by atoms with Crippen LogP contribution in [0.15, 0.2) is 12.1 Å². The van der Waals surface area contributed by atoms with Gasteiger partial charge in [0, 0.05) is 25.5 Å². The van der Waals surface area contributed by atoms with Gasteiger partial charge in [0.15, 0.2) is 0 Å². The molecule has 4 nitrogen and oxygen atoms in total. The molecule has 0 spiro atoms. The number of aliphatic hydroxyl groups excluding tert-OH is 1. The molecule has 21 heavy (non-hydrogen) atoms. The summed E-state index contributed by atoms with van der Waals surface area (Å²) in [5.41, 5.74) is 5.45. The number of aliphatic hydroxyl groups is 1. The van der Waals surface area contributed by atoms with Crippen molar-refractivity contribution in [1.82, 2.24) is 9.47 Å². The summed E-state index contributed by atoms with van der Waals surface area (Å²) in [6.45, 7) is 5.48. The van der Waals surface area contributed by atoms with E-state index in [0.29, 0.717) is 6.54 Å². The predicted molar refractivity (Wildman–Crippen MR) is 83.8 cm³/mol. The van der Waals surface area contributed by atoms with Gasteiger partial charge >= 0.3 is 0 Å². The first kappa shape index (κ1) is 14.1. The quantitative estimate of drug-likeness (QED) is 0.920. The molecule has 2 heterocycles. The van der Waals surface area contributed by atoms with E-state index in [0.717, 1.165) is 36.2 Å². The third kappa shape index (κ3) is 2.05. The summed E-state index contributed by atoms with van der Waals surface area (Å²) < 4.78 is 2.02. The maximum Gasteiger partial charge on any atom is 0.270 e. The number of benzene rings is 1. The maximum absolute atomic E-state index is 12.7. The number of rotatable bonds is 2. The fraction of sp³-hybridized carbons (Fsp3) is 0.471. The first-order chi connectivity index (χ1) is 10.1. The van der Waals surface area contributed by atoms with Gasteiger partial charge in [-0.05, 0) is 43.4 Å². The van der Waals surface area contributed by atoms with E-state index in [-0.39, 0.29) is 12.5 Å². The summed E-state index contributed by atoms with van der Waals surface area (Å²) >= 11 is 0. The molecule has 0 aliphatic carbocycles. The van der Waals surface area contributed by atoms with Crippen molar-refractivity contribution in [3.05, 3.63) is 34.5 Å². The molecule has 3 rings (SSSR count). The third-order valence-electron chi connectivity index (χ3n) is 4.65. The standard InChI is InChI=1S/C17H22N2O2/c1-11-6-7-14-13-5-4-8-18(3)17(21)16(13)19(9-10-20)15(14)12(11)2/h6-7,20H,4-5,8-10H2,1-3H3. The summed E-state index contributed by atoms with van der Waals surface area (Å²) in [6, 6.07) is 4.25. The molecule has 1 aliphatic rings. The summed E-state index contributed by atoms with van der Waals surface area (Å²) in [5.74, 6) is 0.0733. The number of hydrogen-bond donors (Lipinski definition) is 1. The molecule has 1 aromatic carbocycles. The van der Waals surface area contributed by atoms with Crippen molar-refractivity contribution in [1.29, 1.82) is 0 Å². The highest BCUT2D eigenvalue weighted by atomic mass is 16.3. The predicted octanol–water partition coefficient (Wildman–Crippen LogP) is 2.27. The van der Waals surface area contributed by atoms with Gasteiger partial charge in [-0.25, -0.2) is 0 Å². The lowest BCUT2D eigenvalue weighted by atomic mass is 10.0. The van der Waals surface area contributed by atoms with E-state index in [4.69, 9.17) is 0 Å².